The number of hydrogen-bond donors (Lipinski definition) is 0. The Hall–Kier alpha value is -1.44. The number of benzene rings is 1. The monoisotopic (exact) mass is 242 g/mol. The van der Waals surface area contributed by atoms with Gasteiger partial charge < -0.3 is 0 Å². The van der Waals surface area contributed by atoms with E-state index in [9.17, 15) is 0 Å². The third-order valence-corrected chi connectivity index (χ3v) is 3.12. The van der Waals surface area contributed by atoms with Crippen LogP contribution in [0.1, 0.15) is 52.9 Å². The second kappa shape index (κ2) is 4.04. The fourth-order valence-electron chi connectivity index (χ4n) is 1.85. The van der Waals surface area contributed by atoms with Gasteiger partial charge in [0.15, 0.2) is 0 Å². The Labute approximate surface area is 109 Å². The van der Waals surface area contributed by atoms with Crippen molar-refractivity contribution in [3.63, 3.8) is 0 Å². The van der Waals surface area contributed by atoms with Gasteiger partial charge in [0.2, 0.25) is 0 Å². The molecule has 0 saturated heterocycles. The number of nitrogens with zero attached hydrogens (tertiary/aromatic N) is 2. The van der Waals surface area contributed by atoms with Crippen molar-refractivity contribution in [2.24, 2.45) is 0 Å². The molecule has 0 saturated carbocycles. The maximum atomic E-state index is 4.71. The summed E-state index contributed by atoms with van der Waals surface area (Å²) >= 11 is 0. The summed E-state index contributed by atoms with van der Waals surface area (Å²) in [4.78, 5) is 9.17. The summed E-state index contributed by atoms with van der Waals surface area (Å²) in [6.07, 6.45) is 1.93. The summed E-state index contributed by atoms with van der Waals surface area (Å²) in [6.45, 7) is 13.1. The lowest BCUT2D eigenvalue weighted by Gasteiger charge is -2.20. The SMILES string of the molecule is CC(C)(C)c1ccc2cnc(C(C)(C)C)nc2c1. The minimum atomic E-state index is -0.00801. The van der Waals surface area contributed by atoms with E-state index in [0.29, 0.717) is 0 Å². The summed E-state index contributed by atoms with van der Waals surface area (Å²) in [6, 6.07) is 6.47. The molecule has 18 heavy (non-hydrogen) atoms. The van der Waals surface area contributed by atoms with Gasteiger partial charge in [-0.2, -0.15) is 0 Å². The van der Waals surface area contributed by atoms with Crippen LogP contribution in [-0.2, 0) is 10.8 Å². The predicted molar refractivity (Wildman–Crippen MR) is 76.9 cm³/mol. The largest absolute Gasteiger partial charge is 0.240 e. The highest BCUT2D eigenvalue weighted by Crippen LogP contribution is 2.26. The van der Waals surface area contributed by atoms with Gasteiger partial charge in [-0.15, -0.1) is 0 Å². The van der Waals surface area contributed by atoms with Crippen molar-refractivity contribution in [2.75, 3.05) is 0 Å². The van der Waals surface area contributed by atoms with Crippen molar-refractivity contribution in [2.45, 2.75) is 52.4 Å². The van der Waals surface area contributed by atoms with E-state index in [1.54, 1.807) is 0 Å². The molecule has 0 aliphatic heterocycles. The maximum absolute atomic E-state index is 4.71. The van der Waals surface area contributed by atoms with Crippen LogP contribution in [0.15, 0.2) is 24.4 Å². The van der Waals surface area contributed by atoms with E-state index in [1.807, 2.05) is 6.20 Å². The average molecular weight is 242 g/mol. The maximum Gasteiger partial charge on any atom is 0.134 e. The van der Waals surface area contributed by atoms with Crippen LogP contribution in [0.3, 0.4) is 0 Å². The fourth-order valence-corrected chi connectivity index (χ4v) is 1.85. The summed E-state index contributed by atoms with van der Waals surface area (Å²) in [5.41, 5.74) is 2.50. The summed E-state index contributed by atoms with van der Waals surface area (Å²) in [7, 11) is 0. The van der Waals surface area contributed by atoms with Crippen LogP contribution in [0, 0.1) is 0 Å². The van der Waals surface area contributed by atoms with Crippen LogP contribution in [-0.4, -0.2) is 9.97 Å². The van der Waals surface area contributed by atoms with Gasteiger partial charge in [0.25, 0.3) is 0 Å². The number of rotatable bonds is 0. The van der Waals surface area contributed by atoms with E-state index in [-0.39, 0.29) is 10.8 Å². The van der Waals surface area contributed by atoms with Crippen LogP contribution in [0.5, 0.6) is 0 Å². The molecule has 2 rings (SSSR count). The van der Waals surface area contributed by atoms with E-state index in [2.05, 4.69) is 64.7 Å². The molecular formula is C16H22N2. The summed E-state index contributed by atoms with van der Waals surface area (Å²) in [5.74, 6) is 0.904. The molecule has 0 aliphatic rings. The first-order valence-corrected chi connectivity index (χ1v) is 6.46. The fraction of sp³-hybridized carbons (Fsp3) is 0.500. The van der Waals surface area contributed by atoms with Crippen molar-refractivity contribution >= 4 is 10.9 Å². The van der Waals surface area contributed by atoms with Gasteiger partial charge >= 0.3 is 0 Å². The molecule has 2 nitrogen and oxygen atoms in total. The molecule has 0 fully saturated rings. The normalized spacial score (nSPS) is 13.0. The molecule has 0 radical (unpaired) electrons. The van der Waals surface area contributed by atoms with Gasteiger partial charge in [-0.25, -0.2) is 9.97 Å². The molecule has 0 aliphatic carbocycles. The lowest BCUT2D eigenvalue weighted by Crippen LogP contribution is -2.16. The lowest BCUT2D eigenvalue weighted by atomic mass is 9.86. The molecule has 0 N–H and O–H groups in total. The second-order valence-corrected chi connectivity index (χ2v) is 6.97. The number of aromatic nitrogens is 2. The average Bonchev–Trinajstić information content (AvgIpc) is 2.25. The molecule has 1 aromatic heterocycles. The van der Waals surface area contributed by atoms with Crippen LogP contribution in [0.2, 0.25) is 0 Å². The Morgan fingerprint density at radius 3 is 2.11 bits per heavy atom. The van der Waals surface area contributed by atoms with Gasteiger partial charge in [0.1, 0.15) is 5.82 Å². The Morgan fingerprint density at radius 1 is 0.889 bits per heavy atom. The molecule has 0 atom stereocenters. The van der Waals surface area contributed by atoms with Gasteiger partial charge in [0, 0.05) is 17.0 Å². The van der Waals surface area contributed by atoms with Crippen molar-refractivity contribution in [1.29, 1.82) is 0 Å². The smallest absolute Gasteiger partial charge is 0.134 e. The van der Waals surface area contributed by atoms with Crippen LogP contribution >= 0.6 is 0 Å². The zero-order chi connectivity index (χ0) is 13.6. The molecule has 0 spiro atoms. The van der Waals surface area contributed by atoms with Crippen molar-refractivity contribution in [3.8, 4) is 0 Å². The van der Waals surface area contributed by atoms with Gasteiger partial charge in [-0.3, -0.25) is 0 Å². The molecule has 2 heteroatoms. The van der Waals surface area contributed by atoms with E-state index in [0.717, 1.165) is 16.7 Å². The van der Waals surface area contributed by atoms with E-state index in [1.165, 1.54) is 5.56 Å². The minimum absolute atomic E-state index is 0.00801. The highest BCUT2D eigenvalue weighted by Gasteiger charge is 2.18. The molecule has 0 amide bonds. The van der Waals surface area contributed by atoms with Crippen LogP contribution in [0.4, 0.5) is 0 Å². The number of hydrogen-bond acceptors (Lipinski definition) is 2. The van der Waals surface area contributed by atoms with Gasteiger partial charge in [-0.05, 0) is 17.0 Å². The first kappa shape index (κ1) is 13.0. The first-order valence-electron chi connectivity index (χ1n) is 6.46. The third-order valence-electron chi connectivity index (χ3n) is 3.12. The quantitative estimate of drug-likeness (QED) is 0.691. The molecule has 1 heterocycles. The van der Waals surface area contributed by atoms with Gasteiger partial charge in [0.05, 0.1) is 5.52 Å². The Kier molecular flexibility index (Phi) is 2.92. The van der Waals surface area contributed by atoms with Crippen LogP contribution in [0.25, 0.3) is 10.9 Å². The zero-order valence-corrected chi connectivity index (χ0v) is 12.2. The molecule has 1 aromatic carbocycles. The highest BCUT2D eigenvalue weighted by molar-refractivity contribution is 5.78. The lowest BCUT2D eigenvalue weighted by molar-refractivity contribution is 0.548. The van der Waals surface area contributed by atoms with Crippen molar-refractivity contribution < 1.29 is 0 Å². The molecule has 2 aromatic rings. The molecule has 96 valence electrons. The minimum Gasteiger partial charge on any atom is -0.240 e. The van der Waals surface area contributed by atoms with E-state index < -0.39 is 0 Å². The predicted octanol–water partition coefficient (Wildman–Crippen LogP) is 4.22. The van der Waals surface area contributed by atoms with Crippen LogP contribution < -0.4 is 0 Å². The van der Waals surface area contributed by atoms with Crippen molar-refractivity contribution in [1.82, 2.24) is 9.97 Å². The Balaban J connectivity index is 2.61. The Bertz CT molecular complexity index is 523. The second-order valence-electron chi connectivity index (χ2n) is 6.97. The summed E-state index contributed by atoms with van der Waals surface area (Å²) in [5, 5.41) is 1.11. The molecular weight excluding hydrogens is 220 g/mol. The number of fused-ring (bicyclic) bond motifs is 1. The third kappa shape index (κ3) is 2.53. The van der Waals surface area contributed by atoms with E-state index >= 15 is 0 Å². The summed E-state index contributed by atoms with van der Waals surface area (Å²) < 4.78 is 0. The highest BCUT2D eigenvalue weighted by atomic mass is 14.9. The zero-order valence-electron chi connectivity index (χ0n) is 12.2. The Morgan fingerprint density at radius 2 is 1.56 bits per heavy atom. The molecule has 0 bridgehead atoms. The first-order chi connectivity index (χ1) is 8.18. The standard InChI is InChI=1S/C16H22N2/c1-15(2,3)12-8-7-11-10-17-14(16(4,5)6)18-13(11)9-12/h7-10H,1-6H3. The van der Waals surface area contributed by atoms with Crippen molar-refractivity contribution in [3.05, 3.63) is 35.8 Å². The molecule has 0 unspecified atom stereocenters. The van der Waals surface area contributed by atoms with E-state index in [4.69, 9.17) is 4.98 Å². The van der Waals surface area contributed by atoms with Gasteiger partial charge in [-0.1, -0.05) is 53.7 Å². The topological polar surface area (TPSA) is 25.8 Å².